The zero-order chi connectivity index (χ0) is 29.3. The number of carboxylic acid groups (broad SMARTS) is 1. The summed E-state index contributed by atoms with van der Waals surface area (Å²) in [6.45, 7) is 2.21. The van der Waals surface area contributed by atoms with Gasteiger partial charge in [-0.2, -0.15) is 0 Å². The number of amides is 3. The molecule has 1 aromatic carbocycles. The van der Waals surface area contributed by atoms with E-state index in [-0.39, 0.29) is 19.3 Å². The number of nitrogens with one attached hydrogen (secondary N) is 3. The first-order valence-corrected chi connectivity index (χ1v) is 14.6. The first kappa shape index (κ1) is 32.8. The Morgan fingerprint density at radius 3 is 2.08 bits per heavy atom. The monoisotopic (exact) mass is 557 g/mol. The van der Waals surface area contributed by atoms with Crippen LogP contribution in [0.25, 0.3) is 10.9 Å². The van der Waals surface area contributed by atoms with E-state index >= 15 is 0 Å². The van der Waals surface area contributed by atoms with E-state index in [0.717, 1.165) is 35.7 Å². The van der Waals surface area contributed by atoms with Crippen molar-refractivity contribution in [2.45, 2.75) is 115 Å². The van der Waals surface area contributed by atoms with Crippen LogP contribution in [0.4, 0.5) is 0 Å². The fraction of sp³-hybridized carbons (Fsp3) is 0.600. The lowest BCUT2D eigenvalue weighted by Gasteiger charge is -2.23. The van der Waals surface area contributed by atoms with Crippen molar-refractivity contribution in [3.05, 3.63) is 36.0 Å². The number of unbranched alkanes of at least 4 members (excludes halogenated alkanes) is 9. The number of H-pyrrole nitrogens is 1. The van der Waals surface area contributed by atoms with E-state index in [0.29, 0.717) is 6.42 Å². The van der Waals surface area contributed by atoms with E-state index < -0.39 is 41.8 Å². The van der Waals surface area contributed by atoms with Crippen LogP contribution in [-0.4, -0.2) is 51.9 Å². The molecule has 3 amide bonds. The van der Waals surface area contributed by atoms with Gasteiger partial charge in [-0.05, 0) is 24.5 Å². The van der Waals surface area contributed by atoms with Crippen molar-refractivity contribution in [2.24, 2.45) is 11.5 Å². The van der Waals surface area contributed by atoms with Gasteiger partial charge in [0.2, 0.25) is 17.7 Å². The number of para-hydroxylation sites is 1. The molecule has 10 nitrogen and oxygen atoms in total. The van der Waals surface area contributed by atoms with Gasteiger partial charge in [-0.3, -0.25) is 19.2 Å². The van der Waals surface area contributed by atoms with Crippen molar-refractivity contribution in [2.75, 3.05) is 0 Å². The highest BCUT2D eigenvalue weighted by atomic mass is 16.4. The maximum absolute atomic E-state index is 13.1. The molecule has 0 fully saturated rings. The van der Waals surface area contributed by atoms with Crippen molar-refractivity contribution < 1.29 is 24.3 Å². The highest BCUT2D eigenvalue weighted by Gasteiger charge is 2.28. The summed E-state index contributed by atoms with van der Waals surface area (Å²) in [4.78, 5) is 52.3. The number of carbonyl (C=O) groups is 4. The van der Waals surface area contributed by atoms with Gasteiger partial charge < -0.3 is 32.2 Å². The number of rotatable bonds is 21. The Bertz CT molecular complexity index is 1090. The lowest BCUT2D eigenvalue weighted by Crippen LogP contribution is -2.55. The lowest BCUT2D eigenvalue weighted by atomic mass is 10.0. The number of fused-ring (bicyclic) bond motifs is 1. The summed E-state index contributed by atoms with van der Waals surface area (Å²) in [5.41, 5.74) is 13.3. The highest BCUT2D eigenvalue weighted by molar-refractivity contribution is 5.93. The Labute approximate surface area is 237 Å². The number of hydrogen-bond donors (Lipinski definition) is 6. The molecule has 0 aliphatic carbocycles. The molecule has 0 radical (unpaired) electrons. The molecule has 0 saturated carbocycles. The van der Waals surface area contributed by atoms with Crippen LogP contribution in [0.15, 0.2) is 30.5 Å². The molecule has 2 aromatic rings. The van der Waals surface area contributed by atoms with Crippen LogP contribution in [0.5, 0.6) is 0 Å². The van der Waals surface area contributed by atoms with E-state index in [4.69, 9.17) is 16.6 Å². The van der Waals surface area contributed by atoms with Gasteiger partial charge in [0.1, 0.15) is 12.1 Å². The third kappa shape index (κ3) is 11.8. The molecule has 3 atom stereocenters. The summed E-state index contributed by atoms with van der Waals surface area (Å²) in [6, 6.07) is 4.52. The van der Waals surface area contributed by atoms with Gasteiger partial charge in [0.15, 0.2) is 0 Å². The summed E-state index contributed by atoms with van der Waals surface area (Å²) < 4.78 is 0. The normalized spacial score (nSPS) is 13.4. The minimum Gasteiger partial charge on any atom is -0.481 e. The molecule has 8 N–H and O–H groups in total. The van der Waals surface area contributed by atoms with Crippen LogP contribution >= 0.6 is 0 Å². The molecule has 0 saturated heterocycles. The fourth-order valence-electron chi connectivity index (χ4n) is 4.81. The molecule has 0 bridgehead atoms. The first-order valence-electron chi connectivity index (χ1n) is 14.6. The minimum atomic E-state index is -1.16. The molecular weight excluding hydrogens is 510 g/mol. The second-order valence-electron chi connectivity index (χ2n) is 10.6. The van der Waals surface area contributed by atoms with E-state index in [1.54, 1.807) is 6.20 Å². The van der Waals surface area contributed by atoms with E-state index in [2.05, 4.69) is 22.5 Å². The third-order valence-corrected chi connectivity index (χ3v) is 7.24. The molecule has 2 rings (SSSR count). The Kier molecular flexibility index (Phi) is 14.8. The van der Waals surface area contributed by atoms with Crippen molar-refractivity contribution >= 4 is 34.6 Å². The largest absolute Gasteiger partial charge is 0.481 e. The lowest BCUT2D eigenvalue weighted by molar-refractivity contribution is -0.138. The average Bonchev–Trinajstić information content (AvgIpc) is 3.33. The summed E-state index contributed by atoms with van der Waals surface area (Å²) in [5.74, 6) is -3.04. The summed E-state index contributed by atoms with van der Waals surface area (Å²) >= 11 is 0. The first-order chi connectivity index (χ1) is 19.2. The zero-order valence-electron chi connectivity index (χ0n) is 23.8. The predicted molar refractivity (Wildman–Crippen MR) is 156 cm³/mol. The number of aliphatic carboxylic acids is 1. The highest BCUT2D eigenvalue weighted by Crippen LogP contribution is 2.19. The number of carboxylic acids is 1. The van der Waals surface area contributed by atoms with Crippen molar-refractivity contribution in [3.63, 3.8) is 0 Å². The Balaban J connectivity index is 1.86. The van der Waals surface area contributed by atoms with Crippen LogP contribution in [0.1, 0.15) is 96.0 Å². The van der Waals surface area contributed by atoms with E-state index in [9.17, 15) is 19.2 Å². The smallest absolute Gasteiger partial charge is 0.303 e. The minimum absolute atomic E-state index is 0.142. The maximum atomic E-state index is 13.1. The number of aromatic nitrogens is 1. The van der Waals surface area contributed by atoms with Crippen molar-refractivity contribution in [1.29, 1.82) is 0 Å². The van der Waals surface area contributed by atoms with Crippen LogP contribution < -0.4 is 22.1 Å². The van der Waals surface area contributed by atoms with Crippen LogP contribution in [0, 0.1) is 0 Å². The molecule has 0 spiro atoms. The number of aromatic amines is 1. The topological polar surface area (TPSA) is 180 Å². The predicted octanol–water partition coefficient (Wildman–Crippen LogP) is 3.67. The second-order valence-corrected chi connectivity index (χ2v) is 10.6. The molecular formula is C30H47N5O5. The molecule has 1 heterocycles. The van der Waals surface area contributed by atoms with Gasteiger partial charge in [-0.25, -0.2) is 0 Å². The van der Waals surface area contributed by atoms with Gasteiger partial charge in [-0.1, -0.05) is 89.3 Å². The number of carbonyl (C=O) groups excluding carboxylic acids is 3. The molecule has 0 aliphatic rings. The zero-order valence-corrected chi connectivity index (χ0v) is 23.8. The summed E-state index contributed by atoms with van der Waals surface area (Å²) in [7, 11) is 0. The van der Waals surface area contributed by atoms with Gasteiger partial charge in [0.25, 0.3) is 0 Å². The van der Waals surface area contributed by atoms with E-state index in [1.165, 1.54) is 44.9 Å². The average molecular weight is 558 g/mol. The molecule has 222 valence electrons. The molecule has 10 heteroatoms. The van der Waals surface area contributed by atoms with Gasteiger partial charge in [-0.15, -0.1) is 0 Å². The van der Waals surface area contributed by atoms with Gasteiger partial charge in [0.05, 0.1) is 6.04 Å². The Morgan fingerprint density at radius 1 is 0.850 bits per heavy atom. The number of hydrogen-bond acceptors (Lipinski definition) is 5. The Morgan fingerprint density at radius 2 is 1.45 bits per heavy atom. The molecule has 1 unspecified atom stereocenters. The van der Waals surface area contributed by atoms with Crippen molar-refractivity contribution in [3.8, 4) is 0 Å². The number of nitrogens with two attached hydrogens (primary N) is 2. The molecule has 0 aliphatic heterocycles. The fourth-order valence-corrected chi connectivity index (χ4v) is 4.81. The standard InChI is InChI=1S/C30H47N5O5/c1-2-3-4-5-6-7-8-9-10-11-15-23(31)29(39)34-25(17-18-27(36)37)30(40)35-26(28(32)38)19-21-20-33-24-16-13-12-14-22(21)24/h12-14,16,20,23,25-26,33H,2-11,15,17-19,31H2,1H3,(H2,32,38)(H,34,39)(H,35,40)(H,36,37)/t23?,25-,26-/m0/s1. The SMILES string of the molecule is CCCCCCCCCCCCC(N)C(=O)N[C@@H](CCC(=O)O)C(=O)N[C@@H](Cc1c[nH]c2ccccc12)C(N)=O. The molecule has 1 aromatic heterocycles. The van der Waals surface area contributed by atoms with Crippen LogP contribution in [-0.2, 0) is 25.6 Å². The maximum Gasteiger partial charge on any atom is 0.303 e. The number of benzene rings is 1. The van der Waals surface area contributed by atoms with Gasteiger partial charge in [0, 0.05) is 29.9 Å². The van der Waals surface area contributed by atoms with Crippen molar-refractivity contribution in [1.82, 2.24) is 15.6 Å². The second kappa shape index (κ2) is 18.0. The molecule has 40 heavy (non-hydrogen) atoms. The van der Waals surface area contributed by atoms with Gasteiger partial charge >= 0.3 is 5.97 Å². The number of primary amides is 1. The Hall–Kier alpha value is -3.40. The third-order valence-electron chi connectivity index (χ3n) is 7.24. The van der Waals surface area contributed by atoms with E-state index in [1.807, 2.05) is 24.3 Å². The van der Waals surface area contributed by atoms with Crippen LogP contribution in [0.3, 0.4) is 0 Å². The van der Waals surface area contributed by atoms with Crippen LogP contribution in [0.2, 0.25) is 0 Å². The summed E-state index contributed by atoms with van der Waals surface area (Å²) in [5, 5.41) is 15.2. The summed E-state index contributed by atoms with van der Waals surface area (Å²) in [6.07, 6.45) is 13.6. The quantitative estimate of drug-likeness (QED) is 0.127.